The van der Waals surface area contributed by atoms with Crippen molar-refractivity contribution in [2.24, 2.45) is 5.41 Å². The predicted octanol–water partition coefficient (Wildman–Crippen LogP) is 2.56. The van der Waals surface area contributed by atoms with E-state index in [4.69, 9.17) is 0 Å². The van der Waals surface area contributed by atoms with Crippen LogP contribution < -0.4 is 5.32 Å². The minimum atomic E-state index is -1.02. The number of carboxylic acids is 1. The van der Waals surface area contributed by atoms with Gasteiger partial charge in [-0.2, -0.15) is 0 Å². The first kappa shape index (κ1) is 18.9. The Morgan fingerprint density at radius 3 is 2.44 bits per heavy atom. The Kier molecular flexibility index (Phi) is 6.15. The molecule has 0 spiro atoms. The fourth-order valence-electron chi connectivity index (χ4n) is 2.97. The zero-order chi connectivity index (χ0) is 18.4. The number of benzene rings is 1. The second kappa shape index (κ2) is 8.12. The van der Waals surface area contributed by atoms with Gasteiger partial charge in [0.05, 0.1) is 5.41 Å². The van der Waals surface area contributed by atoms with E-state index in [1.165, 1.54) is 0 Å². The monoisotopic (exact) mass is 342 g/mol. The molecule has 25 heavy (non-hydrogen) atoms. The molecule has 134 valence electrons. The van der Waals surface area contributed by atoms with Gasteiger partial charge in [-0.15, -0.1) is 0 Å². The van der Waals surface area contributed by atoms with Gasteiger partial charge in [-0.1, -0.05) is 55.5 Å². The molecule has 2 unspecified atom stereocenters. The first-order valence-corrected chi connectivity index (χ1v) is 8.51. The molecule has 0 aliphatic heterocycles. The zero-order valence-electron chi connectivity index (χ0n) is 15.0. The van der Waals surface area contributed by atoms with Crippen LogP contribution in [0.25, 0.3) is 5.57 Å². The summed E-state index contributed by atoms with van der Waals surface area (Å²) in [5, 5.41) is 12.0. The molecule has 1 aromatic carbocycles. The van der Waals surface area contributed by atoms with Crippen LogP contribution in [0.3, 0.4) is 0 Å². The first-order chi connectivity index (χ1) is 11.9. The Morgan fingerprint density at radius 2 is 1.96 bits per heavy atom. The maximum atomic E-state index is 12.8. The molecule has 2 rings (SSSR count). The third-order valence-corrected chi connectivity index (χ3v) is 4.61. The lowest BCUT2D eigenvalue weighted by molar-refractivity contribution is -0.143. The lowest BCUT2D eigenvalue weighted by atomic mass is 9.76. The molecule has 0 radical (unpaired) electrons. The fourth-order valence-corrected chi connectivity index (χ4v) is 2.97. The minimum absolute atomic E-state index is 0.233. The Morgan fingerprint density at radius 1 is 1.28 bits per heavy atom. The zero-order valence-corrected chi connectivity index (χ0v) is 15.0. The van der Waals surface area contributed by atoms with Gasteiger partial charge in [0.1, 0.15) is 6.04 Å². The summed E-state index contributed by atoms with van der Waals surface area (Å²) in [6, 6.07) is 9.09. The Hall–Kier alpha value is -2.40. The van der Waals surface area contributed by atoms with Crippen LogP contribution in [-0.4, -0.2) is 48.6 Å². The largest absolute Gasteiger partial charge is 0.480 e. The molecule has 2 N–H and O–H groups in total. The van der Waals surface area contributed by atoms with Crippen LogP contribution in [0.1, 0.15) is 25.3 Å². The van der Waals surface area contributed by atoms with E-state index in [9.17, 15) is 14.7 Å². The summed E-state index contributed by atoms with van der Waals surface area (Å²) in [4.78, 5) is 26.0. The summed E-state index contributed by atoms with van der Waals surface area (Å²) >= 11 is 0. The van der Waals surface area contributed by atoms with E-state index in [0.29, 0.717) is 12.8 Å². The number of rotatable bonds is 7. The van der Waals surface area contributed by atoms with E-state index in [-0.39, 0.29) is 12.5 Å². The van der Waals surface area contributed by atoms with E-state index >= 15 is 0 Å². The molecule has 0 saturated heterocycles. The van der Waals surface area contributed by atoms with E-state index in [0.717, 1.165) is 11.1 Å². The molecule has 0 fully saturated rings. The molecule has 1 amide bonds. The van der Waals surface area contributed by atoms with Crippen LogP contribution in [0.2, 0.25) is 0 Å². The number of aliphatic carboxylic acids is 1. The number of nitrogens with one attached hydrogen (secondary N) is 1. The standard InChI is InChI=1S/C20H26N2O3/c1-4-20(19(25)21-17(18(23)24)14-22(2)3)12-10-16(11-13-20)15-8-6-5-7-9-15/h5-12,17H,4,13-14H2,1-3H3,(H,21,25)(H,23,24). The van der Waals surface area contributed by atoms with Gasteiger partial charge >= 0.3 is 5.97 Å². The van der Waals surface area contributed by atoms with Gasteiger partial charge in [0.15, 0.2) is 0 Å². The molecule has 0 heterocycles. The third kappa shape index (κ3) is 4.57. The lowest BCUT2D eigenvalue weighted by Crippen LogP contribution is -2.51. The Labute approximate surface area is 149 Å². The van der Waals surface area contributed by atoms with Gasteiger partial charge in [0, 0.05) is 6.54 Å². The number of nitrogens with zero attached hydrogens (tertiary/aromatic N) is 1. The minimum Gasteiger partial charge on any atom is -0.480 e. The number of carbonyl (C=O) groups excluding carboxylic acids is 1. The number of hydrogen-bond donors (Lipinski definition) is 2. The number of amides is 1. The number of carboxylic acid groups (broad SMARTS) is 1. The molecular weight excluding hydrogens is 316 g/mol. The number of hydrogen-bond acceptors (Lipinski definition) is 3. The average molecular weight is 342 g/mol. The van der Waals surface area contributed by atoms with E-state index in [2.05, 4.69) is 11.4 Å². The van der Waals surface area contributed by atoms with Gasteiger partial charge in [-0.05, 0) is 38.1 Å². The average Bonchev–Trinajstić information content (AvgIpc) is 2.61. The number of allylic oxidation sites excluding steroid dienone is 3. The van der Waals surface area contributed by atoms with Gasteiger partial charge in [0.25, 0.3) is 0 Å². The van der Waals surface area contributed by atoms with E-state index < -0.39 is 17.4 Å². The van der Waals surface area contributed by atoms with Crippen molar-refractivity contribution in [1.29, 1.82) is 0 Å². The van der Waals surface area contributed by atoms with Crippen LogP contribution in [-0.2, 0) is 9.59 Å². The Bertz CT molecular complexity index is 679. The van der Waals surface area contributed by atoms with Crippen molar-refractivity contribution < 1.29 is 14.7 Å². The molecule has 1 aliphatic carbocycles. The molecule has 0 aromatic heterocycles. The highest BCUT2D eigenvalue weighted by molar-refractivity contribution is 5.91. The summed E-state index contributed by atoms with van der Waals surface area (Å²) in [6.07, 6.45) is 7.11. The van der Waals surface area contributed by atoms with Crippen LogP contribution in [0.5, 0.6) is 0 Å². The third-order valence-electron chi connectivity index (χ3n) is 4.61. The van der Waals surface area contributed by atoms with Crippen molar-refractivity contribution in [3.63, 3.8) is 0 Å². The maximum Gasteiger partial charge on any atom is 0.327 e. The first-order valence-electron chi connectivity index (χ1n) is 8.51. The van der Waals surface area contributed by atoms with E-state index in [1.807, 2.05) is 49.4 Å². The highest BCUT2D eigenvalue weighted by atomic mass is 16.4. The highest BCUT2D eigenvalue weighted by Gasteiger charge is 2.37. The normalized spacial score (nSPS) is 20.9. The number of carbonyl (C=O) groups is 2. The van der Waals surface area contributed by atoms with Gasteiger partial charge in [-0.3, -0.25) is 4.79 Å². The topological polar surface area (TPSA) is 69.6 Å². The molecule has 1 aliphatic rings. The molecular formula is C20H26N2O3. The predicted molar refractivity (Wildman–Crippen MR) is 99.0 cm³/mol. The van der Waals surface area contributed by atoms with Crippen molar-refractivity contribution >= 4 is 17.4 Å². The van der Waals surface area contributed by atoms with Crippen molar-refractivity contribution in [3.8, 4) is 0 Å². The van der Waals surface area contributed by atoms with Gasteiger partial charge < -0.3 is 15.3 Å². The second-order valence-corrected chi connectivity index (χ2v) is 6.70. The molecule has 1 aromatic rings. The SMILES string of the molecule is CCC1(C(=O)NC(CN(C)C)C(=O)O)C=CC(c2ccccc2)=CC1. The summed E-state index contributed by atoms with van der Waals surface area (Å²) < 4.78 is 0. The number of likely N-dealkylation sites (N-methyl/N-ethyl adjacent to an activating group) is 1. The van der Waals surface area contributed by atoms with Crippen molar-refractivity contribution in [2.45, 2.75) is 25.8 Å². The summed E-state index contributed by atoms with van der Waals surface area (Å²) in [5.41, 5.74) is 1.50. The second-order valence-electron chi connectivity index (χ2n) is 6.70. The molecule has 5 heteroatoms. The smallest absolute Gasteiger partial charge is 0.327 e. The highest BCUT2D eigenvalue weighted by Crippen LogP contribution is 2.36. The van der Waals surface area contributed by atoms with Crippen LogP contribution in [0.15, 0.2) is 48.6 Å². The summed E-state index contributed by atoms with van der Waals surface area (Å²) in [7, 11) is 3.57. The van der Waals surface area contributed by atoms with Crippen molar-refractivity contribution in [2.75, 3.05) is 20.6 Å². The molecule has 2 atom stereocenters. The van der Waals surface area contributed by atoms with Crippen LogP contribution in [0.4, 0.5) is 0 Å². The van der Waals surface area contributed by atoms with E-state index in [1.54, 1.807) is 19.0 Å². The van der Waals surface area contributed by atoms with Crippen molar-refractivity contribution in [1.82, 2.24) is 10.2 Å². The molecule has 5 nitrogen and oxygen atoms in total. The molecule has 0 saturated carbocycles. The van der Waals surface area contributed by atoms with Gasteiger partial charge in [0.2, 0.25) is 5.91 Å². The van der Waals surface area contributed by atoms with Crippen LogP contribution in [0, 0.1) is 5.41 Å². The maximum absolute atomic E-state index is 12.8. The fraction of sp³-hybridized carbons (Fsp3) is 0.400. The van der Waals surface area contributed by atoms with Crippen LogP contribution >= 0.6 is 0 Å². The molecule has 0 bridgehead atoms. The van der Waals surface area contributed by atoms with Crippen molar-refractivity contribution in [3.05, 3.63) is 54.1 Å². The quantitative estimate of drug-likeness (QED) is 0.799. The van der Waals surface area contributed by atoms with Gasteiger partial charge in [-0.25, -0.2) is 4.79 Å². The lowest BCUT2D eigenvalue weighted by Gasteiger charge is -2.32. The Balaban J connectivity index is 2.14. The summed E-state index contributed by atoms with van der Waals surface area (Å²) in [5.74, 6) is -1.25. The summed E-state index contributed by atoms with van der Waals surface area (Å²) in [6.45, 7) is 2.21.